The second-order valence-corrected chi connectivity index (χ2v) is 8.73. The summed E-state index contributed by atoms with van der Waals surface area (Å²) in [6.45, 7) is 14.5. The van der Waals surface area contributed by atoms with E-state index >= 15 is 0 Å². The maximum Gasteiger partial charge on any atom is 0.253 e. The fourth-order valence-electron chi connectivity index (χ4n) is 3.79. The molecule has 0 fully saturated rings. The quantitative estimate of drug-likeness (QED) is 0.473. The highest BCUT2D eigenvalue weighted by Gasteiger charge is 2.15. The highest BCUT2D eigenvalue weighted by molar-refractivity contribution is 7.80. The van der Waals surface area contributed by atoms with Crippen molar-refractivity contribution >= 4 is 33.9 Å². The molecule has 0 atom stereocenters. The first-order chi connectivity index (χ1) is 15.3. The van der Waals surface area contributed by atoms with Gasteiger partial charge in [0.15, 0.2) is 5.11 Å². The Morgan fingerprint density at radius 3 is 2.34 bits per heavy atom. The van der Waals surface area contributed by atoms with E-state index in [0.29, 0.717) is 17.2 Å². The first-order valence-corrected chi connectivity index (χ1v) is 11.7. The molecule has 0 spiro atoms. The lowest BCUT2D eigenvalue weighted by molar-refractivity contribution is 0.266. The van der Waals surface area contributed by atoms with Gasteiger partial charge in [-0.3, -0.25) is 4.79 Å². The molecular weight excluding hydrogens is 416 g/mol. The van der Waals surface area contributed by atoms with Crippen molar-refractivity contribution < 1.29 is 0 Å². The second kappa shape index (κ2) is 10.7. The smallest absolute Gasteiger partial charge is 0.253 e. The Balaban J connectivity index is 1.87. The highest BCUT2D eigenvalue weighted by atomic mass is 32.1. The van der Waals surface area contributed by atoms with Gasteiger partial charge in [0, 0.05) is 24.3 Å². The van der Waals surface area contributed by atoms with E-state index in [0.717, 1.165) is 48.3 Å². The van der Waals surface area contributed by atoms with Crippen LogP contribution in [-0.2, 0) is 6.54 Å². The van der Waals surface area contributed by atoms with Gasteiger partial charge in [-0.15, -0.1) is 0 Å². The molecule has 0 radical (unpaired) electrons. The van der Waals surface area contributed by atoms with Crippen molar-refractivity contribution in [3.8, 4) is 0 Å². The number of anilines is 1. The molecule has 0 aliphatic carbocycles. The molecule has 32 heavy (non-hydrogen) atoms. The lowest BCUT2D eigenvalue weighted by Gasteiger charge is -2.29. The van der Waals surface area contributed by atoms with E-state index < -0.39 is 0 Å². The molecule has 1 heterocycles. The van der Waals surface area contributed by atoms with E-state index in [4.69, 9.17) is 12.2 Å². The van der Waals surface area contributed by atoms with Gasteiger partial charge in [-0.1, -0.05) is 43.7 Å². The molecule has 6 heteroatoms. The molecule has 1 aromatic heterocycles. The Morgan fingerprint density at radius 1 is 1.00 bits per heavy atom. The summed E-state index contributed by atoms with van der Waals surface area (Å²) in [6.07, 6.45) is 0. The predicted octanol–water partition coefficient (Wildman–Crippen LogP) is 4.99. The maximum absolute atomic E-state index is 12.9. The molecule has 3 rings (SSSR count). The number of aromatic amines is 1. The third kappa shape index (κ3) is 5.75. The predicted molar refractivity (Wildman–Crippen MR) is 140 cm³/mol. The van der Waals surface area contributed by atoms with Crippen LogP contribution in [0.1, 0.15) is 36.1 Å². The number of nitrogens with one attached hydrogen (secondary N) is 2. The number of hydrogen-bond acceptors (Lipinski definition) is 3. The largest absolute Gasteiger partial charge is 0.343 e. The van der Waals surface area contributed by atoms with Crippen LogP contribution < -0.4 is 10.9 Å². The first-order valence-electron chi connectivity index (χ1n) is 11.3. The van der Waals surface area contributed by atoms with Crippen LogP contribution >= 0.6 is 12.2 Å². The topological polar surface area (TPSA) is 51.4 Å². The normalized spacial score (nSPS) is 11.2. The third-order valence-corrected chi connectivity index (χ3v) is 6.52. The number of nitrogens with zero attached hydrogens (tertiary/aromatic N) is 2. The Hall–Kier alpha value is -2.70. The van der Waals surface area contributed by atoms with Crippen LogP contribution in [0, 0.1) is 20.8 Å². The molecule has 0 bridgehead atoms. The number of rotatable bonds is 8. The van der Waals surface area contributed by atoms with Gasteiger partial charge in [0.2, 0.25) is 0 Å². The maximum atomic E-state index is 12.9. The lowest BCUT2D eigenvalue weighted by atomic mass is 10.0. The number of likely N-dealkylation sites (N-methyl/N-ethyl adjacent to an activating group) is 1. The second-order valence-electron chi connectivity index (χ2n) is 8.34. The van der Waals surface area contributed by atoms with Gasteiger partial charge in [-0.25, -0.2) is 0 Å². The number of pyridine rings is 1. The minimum atomic E-state index is -0.0582. The van der Waals surface area contributed by atoms with Crippen LogP contribution in [0.4, 0.5) is 5.69 Å². The summed E-state index contributed by atoms with van der Waals surface area (Å²) in [5.74, 6) is 0. The van der Waals surface area contributed by atoms with Gasteiger partial charge in [0.1, 0.15) is 0 Å². The Kier molecular flexibility index (Phi) is 8.04. The SMILES string of the molecule is CCN(CC)CCN(Cc1cc2ccc(C)c(C)c2[nH]c1=O)C(=S)Nc1ccc(C)cc1. The summed E-state index contributed by atoms with van der Waals surface area (Å²) in [5, 5.41) is 5.02. The van der Waals surface area contributed by atoms with E-state index in [1.165, 1.54) is 11.1 Å². The van der Waals surface area contributed by atoms with Crippen LogP contribution in [0.5, 0.6) is 0 Å². The third-order valence-electron chi connectivity index (χ3n) is 6.16. The van der Waals surface area contributed by atoms with Crippen molar-refractivity contribution in [3.63, 3.8) is 0 Å². The average molecular weight is 451 g/mol. The highest BCUT2D eigenvalue weighted by Crippen LogP contribution is 2.19. The van der Waals surface area contributed by atoms with Crippen LogP contribution in [0.25, 0.3) is 10.9 Å². The Morgan fingerprint density at radius 2 is 1.69 bits per heavy atom. The molecule has 170 valence electrons. The molecule has 0 amide bonds. The number of hydrogen-bond donors (Lipinski definition) is 2. The van der Waals surface area contributed by atoms with Crippen molar-refractivity contribution in [3.05, 3.63) is 75.1 Å². The monoisotopic (exact) mass is 450 g/mol. The van der Waals surface area contributed by atoms with Crippen LogP contribution in [0.2, 0.25) is 0 Å². The first kappa shape index (κ1) is 24.0. The van der Waals surface area contributed by atoms with E-state index in [1.807, 2.05) is 25.1 Å². The molecule has 0 saturated heterocycles. The molecule has 2 N–H and O–H groups in total. The number of H-pyrrole nitrogens is 1. The van der Waals surface area contributed by atoms with Gasteiger partial charge >= 0.3 is 0 Å². The van der Waals surface area contributed by atoms with Crippen molar-refractivity contribution in [1.82, 2.24) is 14.8 Å². The molecule has 0 unspecified atom stereocenters. The average Bonchev–Trinajstić information content (AvgIpc) is 2.78. The van der Waals surface area contributed by atoms with Crippen molar-refractivity contribution in [2.24, 2.45) is 0 Å². The summed E-state index contributed by atoms with van der Waals surface area (Å²) in [6, 6.07) is 14.3. The van der Waals surface area contributed by atoms with Gasteiger partial charge in [-0.05, 0) is 80.8 Å². The number of fused-ring (bicyclic) bond motifs is 1. The standard InChI is InChI=1S/C26H34N4OS/c1-6-29(7-2)14-15-30(26(32)27-23-12-8-18(3)9-13-23)17-22-16-21-11-10-19(4)20(5)24(21)28-25(22)31/h8-13,16H,6-7,14-15,17H2,1-5H3,(H,27,32)(H,28,31). The van der Waals surface area contributed by atoms with Crippen LogP contribution in [0.15, 0.2) is 47.3 Å². The fraction of sp³-hybridized carbons (Fsp3) is 0.385. The molecule has 3 aromatic rings. The van der Waals surface area contributed by atoms with Crippen molar-refractivity contribution in [2.75, 3.05) is 31.5 Å². The summed E-state index contributed by atoms with van der Waals surface area (Å²) in [7, 11) is 0. The van der Waals surface area contributed by atoms with Crippen molar-refractivity contribution in [2.45, 2.75) is 41.2 Å². The minimum Gasteiger partial charge on any atom is -0.343 e. The molecule has 5 nitrogen and oxygen atoms in total. The van der Waals surface area contributed by atoms with E-state index in [2.05, 4.69) is 72.1 Å². The van der Waals surface area contributed by atoms with Crippen molar-refractivity contribution in [1.29, 1.82) is 0 Å². The Bertz CT molecular complexity index is 1130. The summed E-state index contributed by atoms with van der Waals surface area (Å²) in [4.78, 5) is 20.5. The summed E-state index contributed by atoms with van der Waals surface area (Å²) in [5.41, 5.74) is 6.01. The molecular formula is C26H34N4OS. The zero-order valence-corrected chi connectivity index (χ0v) is 20.6. The molecule has 0 aliphatic heterocycles. The number of aryl methyl sites for hydroxylation is 3. The minimum absolute atomic E-state index is 0.0582. The number of aromatic nitrogens is 1. The summed E-state index contributed by atoms with van der Waals surface area (Å²) >= 11 is 5.78. The fourth-order valence-corrected chi connectivity index (χ4v) is 4.06. The lowest BCUT2D eigenvalue weighted by Crippen LogP contribution is -2.41. The van der Waals surface area contributed by atoms with E-state index in [-0.39, 0.29) is 5.56 Å². The van der Waals surface area contributed by atoms with Gasteiger partial charge in [-0.2, -0.15) is 0 Å². The molecule has 2 aromatic carbocycles. The number of thiocarbonyl (C=S) groups is 1. The Labute approximate surface area is 196 Å². The zero-order chi connectivity index (χ0) is 23.3. The zero-order valence-electron chi connectivity index (χ0n) is 19.8. The van der Waals surface area contributed by atoms with Gasteiger partial charge in [0.05, 0.1) is 12.1 Å². The van der Waals surface area contributed by atoms with Gasteiger partial charge in [0.25, 0.3) is 5.56 Å². The van der Waals surface area contributed by atoms with E-state index in [9.17, 15) is 4.79 Å². The summed E-state index contributed by atoms with van der Waals surface area (Å²) < 4.78 is 0. The number of benzene rings is 2. The van der Waals surface area contributed by atoms with E-state index in [1.54, 1.807) is 0 Å². The molecule has 0 aliphatic rings. The van der Waals surface area contributed by atoms with Gasteiger partial charge < -0.3 is 20.1 Å². The van der Waals surface area contributed by atoms with Crippen LogP contribution in [-0.4, -0.2) is 46.1 Å². The van der Waals surface area contributed by atoms with Crippen LogP contribution in [0.3, 0.4) is 0 Å². The molecule has 0 saturated carbocycles.